The van der Waals surface area contributed by atoms with Gasteiger partial charge < -0.3 is 14.6 Å². The molecule has 0 aliphatic carbocycles. The maximum Gasteiger partial charge on any atom is 0.335 e. The van der Waals surface area contributed by atoms with Crippen LogP contribution in [-0.2, 0) is 20.9 Å². The highest BCUT2D eigenvalue weighted by Gasteiger charge is 2.41. The van der Waals surface area contributed by atoms with Crippen molar-refractivity contribution >= 4 is 86.1 Å². The molecule has 0 radical (unpaired) electrons. The van der Waals surface area contributed by atoms with Crippen molar-refractivity contribution in [1.82, 2.24) is 4.90 Å². The zero-order valence-electron chi connectivity index (χ0n) is 18.0. The third kappa shape index (κ3) is 6.10. The molecule has 1 N–H and O–H groups in total. The predicted octanol–water partition coefficient (Wildman–Crippen LogP) is 5.16. The molecule has 178 valence electrons. The predicted molar refractivity (Wildman–Crippen MR) is 144 cm³/mol. The molecule has 8 nitrogen and oxygen atoms in total. The van der Waals surface area contributed by atoms with Crippen molar-refractivity contribution in [3.05, 3.63) is 65.1 Å². The van der Waals surface area contributed by atoms with Gasteiger partial charge in [0, 0.05) is 0 Å². The van der Waals surface area contributed by atoms with E-state index in [0.717, 1.165) is 29.4 Å². The highest BCUT2D eigenvalue weighted by atomic mass is 127. The smallest absolute Gasteiger partial charge is 0.335 e. The molecule has 0 unspecified atom stereocenters. The van der Waals surface area contributed by atoms with Gasteiger partial charge in [-0.2, -0.15) is 0 Å². The van der Waals surface area contributed by atoms with Crippen molar-refractivity contribution in [3.63, 3.8) is 0 Å². The molecule has 1 fully saturated rings. The Hall–Kier alpha value is -2.13. The Bertz CT molecular complexity index is 1160. The number of ether oxygens (including phenoxy) is 2. The van der Waals surface area contributed by atoms with Crippen LogP contribution >= 0.6 is 56.9 Å². The average molecular weight is 707 g/mol. The SMILES string of the molecule is CCOC(=O)[C@@H](C)N1C(=O)S/C(=C/c2cc(I)c(OCc3ccc(C(=O)O)cc3)c(I)c2)C1=O. The van der Waals surface area contributed by atoms with Crippen molar-refractivity contribution in [3.8, 4) is 5.75 Å². The second kappa shape index (κ2) is 11.5. The molecule has 3 rings (SSSR count). The van der Waals surface area contributed by atoms with Gasteiger partial charge in [0.2, 0.25) is 0 Å². The second-order valence-electron chi connectivity index (χ2n) is 7.08. The van der Waals surface area contributed by atoms with Crippen LogP contribution in [-0.4, -0.2) is 45.7 Å². The molecule has 1 heterocycles. The summed E-state index contributed by atoms with van der Waals surface area (Å²) in [5.74, 6) is -1.50. The van der Waals surface area contributed by atoms with Crippen LogP contribution in [0.1, 0.15) is 35.3 Å². The highest BCUT2D eigenvalue weighted by molar-refractivity contribution is 14.1. The quantitative estimate of drug-likeness (QED) is 0.228. The van der Waals surface area contributed by atoms with Crippen LogP contribution in [0.3, 0.4) is 0 Å². The van der Waals surface area contributed by atoms with Crippen LogP contribution in [0.2, 0.25) is 0 Å². The molecule has 2 aromatic carbocycles. The van der Waals surface area contributed by atoms with E-state index in [0.29, 0.717) is 11.3 Å². The van der Waals surface area contributed by atoms with E-state index in [1.54, 1.807) is 25.1 Å². The maximum atomic E-state index is 12.8. The van der Waals surface area contributed by atoms with Gasteiger partial charge in [-0.05, 0) is 112 Å². The molecule has 1 atom stereocenters. The van der Waals surface area contributed by atoms with Crippen LogP contribution in [0, 0.1) is 7.14 Å². The number of benzene rings is 2. The molecule has 34 heavy (non-hydrogen) atoms. The fourth-order valence-electron chi connectivity index (χ4n) is 3.03. The zero-order chi connectivity index (χ0) is 25.0. The van der Waals surface area contributed by atoms with E-state index in [9.17, 15) is 19.2 Å². The van der Waals surface area contributed by atoms with E-state index in [1.165, 1.54) is 19.1 Å². The number of thioether (sulfide) groups is 1. The number of nitrogens with zero attached hydrogens (tertiary/aromatic N) is 1. The molecule has 11 heteroatoms. The summed E-state index contributed by atoms with van der Waals surface area (Å²) in [5.41, 5.74) is 1.74. The van der Waals surface area contributed by atoms with Crippen LogP contribution < -0.4 is 4.74 Å². The zero-order valence-corrected chi connectivity index (χ0v) is 23.2. The Morgan fingerprint density at radius 2 is 1.76 bits per heavy atom. The van der Waals surface area contributed by atoms with Gasteiger partial charge in [-0.25, -0.2) is 9.59 Å². The first-order valence-electron chi connectivity index (χ1n) is 10.00. The Morgan fingerprint density at radius 1 is 1.15 bits per heavy atom. The van der Waals surface area contributed by atoms with E-state index in [2.05, 4.69) is 45.2 Å². The summed E-state index contributed by atoms with van der Waals surface area (Å²) in [6.45, 7) is 3.54. The van der Waals surface area contributed by atoms with Crippen molar-refractivity contribution in [2.75, 3.05) is 6.61 Å². The van der Waals surface area contributed by atoms with Crippen molar-refractivity contribution in [2.45, 2.75) is 26.5 Å². The summed E-state index contributed by atoms with van der Waals surface area (Å²) in [6, 6.07) is 9.10. The molecule has 1 aliphatic heterocycles. The molecule has 0 aromatic heterocycles. The minimum absolute atomic E-state index is 0.161. The van der Waals surface area contributed by atoms with E-state index in [-0.39, 0.29) is 23.7 Å². The minimum Gasteiger partial charge on any atom is -0.487 e. The fourth-order valence-corrected chi connectivity index (χ4v) is 6.07. The molecule has 0 bridgehead atoms. The molecule has 1 aliphatic rings. The number of aromatic carboxylic acids is 1. The number of halogens is 2. The number of hydrogen-bond acceptors (Lipinski definition) is 7. The maximum absolute atomic E-state index is 12.8. The standard InChI is InChI=1S/C23H19I2NO7S/c1-3-32-22(30)12(2)26-20(27)18(34-23(26)31)10-14-8-16(24)19(17(25)9-14)33-11-13-4-6-15(7-5-13)21(28)29/h4-10,12H,3,11H2,1-2H3,(H,28,29)/b18-10+/t12-/m1/s1. The number of imide groups is 1. The van der Waals surface area contributed by atoms with Gasteiger partial charge in [-0.3, -0.25) is 14.5 Å². The summed E-state index contributed by atoms with van der Waals surface area (Å²) in [7, 11) is 0. The van der Waals surface area contributed by atoms with Gasteiger partial charge >= 0.3 is 11.9 Å². The lowest BCUT2D eigenvalue weighted by Crippen LogP contribution is -2.42. The lowest BCUT2D eigenvalue weighted by Gasteiger charge is -2.19. The molecule has 1 saturated heterocycles. The average Bonchev–Trinajstić information content (AvgIpc) is 3.05. The Labute approximate surface area is 227 Å². The van der Waals surface area contributed by atoms with E-state index in [4.69, 9.17) is 14.6 Å². The Kier molecular flexibility index (Phi) is 8.98. The molecule has 0 saturated carbocycles. The third-order valence-electron chi connectivity index (χ3n) is 4.74. The number of carbonyl (C=O) groups is 4. The first-order valence-corrected chi connectivity index (χ1v) is 13.0. The van der Waals surface area contributed by atoms with Gasteiger partial charge in [-0.15, -0.1) is 0 Å². The number of esters is 1. The molecule has 2 aromatic rings. The van der Waals surface area contributed by atoms with Crippen LogP contribution in [0.25, 0.3) is 6.08 Å². The van der Waals surface area contributed by atoms with Gasteiger partial charge in [-0.1, -0.05) is 12.1 Å². The minimum atomic E-state index is -1.00. The van der Waals surface area contributed by atoms with Crippen molar-refractivity contribution in [1.29, 1.82) is 0 Å². The first kappa shape index (κ1) is 26.5. The number of rotatable bonds is 8. The number of amides is 2. The lowest BCUT2D eigenvalue weighted by atomic mass is 10.1. The second-order valence-corrected chi connectivity index (χ2v) is 10.4. The number of hydrogen-bond donors (Lipinski definition) is 1. The first-order chi connectivity index (χ1) is 16.1. The van der Waals surface area contributed by atoms with Gasteiger partial charge in [0.25, 0.3) is 11.1 Å². The van der Waals surface area contributed by atoms with Crippen LogP contribution in [0.15, 0.2) is 41.3 Å². The van der Waals surface area contributed by atoms with Crippen molar-refractivity contribution < 1.29 is 33.8 Å². The Balaban J connectivity index is 1.75. The monoisotopic (exact) mass is 707 g/mol. The molecular formula is C23H19I2NO7S. The molecule has 2 amide bonds. The number of carbonyl (C=O) groups excluding carboxylic acids is 3. The number of carboxylic acids is 1. The van der Waals surface area contributed by atoms with Gasteiger partial charge in [0.05, 0.1) is 24.2 Å². The lowest BCUT2D eigenvalue weighted by molar-refractivity contribution is -0.150. The van der Waals surface area contributed by atoms with Gasteiger partial charge in [0.15, 0.2) is 0 Å². The summed E-state index contributed by atoms with van der Waals surface area (Å²) < 4.78 is 12.5. The number of carboxylic acid groups (broad SMARTS) is 1. The molecular weight excluding hydrogens is 688 g/mol. The van der Waals surface area contributed by atoms with E-state index < -0.39 is 29.1 Å². The normalized spacial score (nSPS) is 15.5. The third-order valence-corrected chi connectivity index (χ3v) is 7.23. The fraction of sp³-hybridized carbons (Fsp3) is 0.217. The van der Waals surface area contributed by atoms with E-state index >= 15 is 0 Å². The summed E-state index contributed by atoms with van der Waals surface area (Å²) in [4.78, 5) is 49.2. The summed E-state index contributed by atoms with van der Waals surface area (Å²) >= 11 is 5.04. The Morgan fingerprint density at radius 3 is 2.32 bits per heavy atom. The van der Waals surface area contributed by atoms with Crippen molar-refractivity contribution in [2.24, 2.45) is 0 Å². The van der Waals surface area contributed by atoms with Gasteiger partial charge in [0.1, 0.15) is 18.4 Å². The summed E-state index contributed by atoms with van der Waals surface area (Å²) in [5, 5.41) is 8.48. The topological polar surface area (TPSA) is 110 Å². The van der Waals surface area contributed by atoms with Crippen LogP contribution in [0.4, 0.5) is 4.79 Å². The van der Waals surface area contributed by atoms with Crippen LogP contribution in [0.5, 0.6) is 5.75 Å². The molecule has 0 spiro atoms. The summed E-state index contributed by atoms with van der Waals surface area (Å²) in [6.07, 6.45) is 1.61. The highest BCUT2D eigenvalue weighted by Crippen LogP contribution is 2.36. The van der Waals surface area contributed by atoms with E-state index in [1.807, 2.05) is 12.1 Å². The largest absolute Gasteiger partial charge is 0.487 e.